The third kappa shape index (κ3) is 27.8. The van der Waals surface area contributed by atoms with E-state index in [1.165, 1.54) is 13.0 Å². The van der Waals surface area contributed by atoms with Crippen molar-refractivity contribution >= 4 is 40.7 Å². The van der Waals surface area contributed by atoms with Gasteiger partial charge in [-0.25, -0.2) is 0 Å². The first-order valence-corrected chi connectivity index (χ1v) is 17.1. The Labute approximate surface area is 170 Å². The molecular weight excluding hydrogens is 417 g/mol. The summed E-state index contributed by atoms with van der Waals surface area (Å²) in [7, 11) is -5.08. The second-order valence-corrected chi connectivity index (χ2v) is 19.4. The lowest BCUT2D eigenvalue weighted by Crippen LogP contribution is -2.36. The van der Waals surface area contributed by atoms with Crippen LogP contribution in [0.2, 0.25) is 43.3 Å². The quantitative estimate of drug-likeness (QED) is 0.462. The van der Waals surface area contributed by atoms with E-state index in [1.54, 1.807) is 0 Å². The maximum atomic E-state index is 10.5. The average Bonchev–Trinajstić information content (AvgIpc) is 2.53. The van der Waals surface area contributed by atoms with Gasteiger partial charge in [0.2, 0.25) is 0 Å². The molecule has 11 heteroatoms. The number of carbonyl (C=O) groups excluding carboxylic acids is 1. The maximum Gasteiger partial charge on any atom is 0.549 e. The lowest BCUT2D eigenvalue weighted by atomic mass is 10.5. The van der Waals surface area contributed by atoms with E-state index in [0.717, 1.165) is 12.0 Å². The fraction of sp³-hybridized carbons (Fsp3) is 0.938. The van der Waals surface area contributed by atoms with Crippen molar-refractivity contribution in [1.82, 2.24) is 0 Å². The average molecular weight is 455 g/mol. The molecular formula is C16H38O7Si4. The standard InChI is InChI=1S/C8H18O2Si.C8H20OSi.2O2Si/c1-7(2)11(4,5)6-10-8(3)9;1-8(2)10(3,4)7-5-6-9;2*1-3-2/h7H,6H2,1-5H3;8-9H,5-7H2,1-4H3;;. The Morgan fingerprint density at radius 1 is 0.889 bits per heavy atom. The van der Waals surface area contributed by atoms with E-state index < -0.39 is 34.7 Å². The molecule has 0 spiro atoms. The third-order valence-electron chi connectivity index (χ3n) is 4.75. The number of aliphatic hydroxyl groups is 1. The normalized spacial score (nSPS) is 10.1. The minimum atomic E-state index is -1.42. The summed E-state index contributed by atoms with van der Waals surface area (Å²) in [4.78, 5) is 10.5. The van der Waals surface area contributed by atoms with Crippen LogP contribution >= 0.6 is 0 Å². The van der Waals surface area contributed by atoms with Gasteiger partial charge in [0.25, 0.3) is 0 Å². The molecule has 160 valence electrons. The number of hydrogen-bond donors (Lipinski definition) is 1. The second-order valence-electron chi connectivity index (χ2n) is 8.06. The highest BCUT2D eigenvalue weighted by molar-refractivity contribution is 6.79. The zero-order valence-corrected chi connectivity index (χ0v) is 22.4. The number of carbonyl (C=O) groups is 1. The predicted molar refractivity (Wildman–Crippen MR) is 113 cm³/mol. The van der Waals surface area contributed by atoms with Gasteiger partial charge in [0.1, 0.15) is 0 Å². The molecule has 0 amide bonds. The molecule has 0 rings (SSSR count). The molecule has 0 fully saturated rings. The molecule has 1 N–H and O–H groups in total. The smallest absolute Gasteiger partial charge is 0.470 e. The highest BCUT2D eigenvalue weighted by Crippen LogP contribution is 2.25. The van der Waals surface area contributed by atoms with Gasteiger partial charge in [-0.05, 0) is 12.0 Å². The first kappa shape index (κ1) is 34.0. The number of esters is 1. The van der Waals surface area contributed by atoms with Crippen LogP contribution in [0.15, 0.2) is 0 Å². The zero-order chi connectivity index (χ0) is 22.7. The van der Waals surface area contributed by atoms with Crippen molar-refractivity contribution in [3.05, 3.63) is 0 Å². The van der Waals surface area contributed by atoms with Crippen molar-refractivity contribution in [1.29, 1.82) is 0 Å². The van der Waals surface area contributed by atoms with E-state index >= 15 is 0 Å². The summed E-state index contributed by atoms with van der Waals surface area (Å²) < 4.78 is 38.6. The van der Waals surface area contributed by atoms with Gasteiger partial charge in [0.05, 0.1) is 14.3 Å². The predicted octanol–water partition coefficient (Wildman–Crippen LogP) is 3.46. The Kier molecular flexibility index (Phi) is 25.5. The molecule has 27 heavy (non-hydrogen) atoms. The van der Waals surface area contributed by atoms with E-state index in [2.05, 4.69) is 53.9 Å². The van der Waals surface area contributed by atoms with Crippen LogP contribution in [0.5, 0.6) is 0 Å². The second kappa shape index (κ2) is 20.2. The van der Waals surface area contributed by atoms with Crippen LogP contribution in [0.3, 0.4) is 0 Å². The number of aliphatic hydroxyl groups excluding tert-OH is 1. The summed E-state index contributed by atoms with van der Waals surface area (Å²) in [6, 6.07) is 1.27. The summed E-state index contributed by atoms with van der Waals surface area (Å²) in [5, 5.41) is 8.63. The number of rotatable bonds is 7. The Hall–Kier alpha value is -0.502. The molecule has 0 aliphatic heterocycles. The van der Waals surface area contributed by atoms with Gasteiger partial charge in [0.15, 0.2) is 0 Å². The Morgan fingerprint density at radius 2 is 1.22 bits per heavy atom. The van der Waals surface area contributed by atoms with Gasteiger partial charge in [-0.15, -0.1) is 0 Å². The minimum absolute atomic E-state index is 0.161. The van der Waals surface area contributed by atoms with Crippen molar-refractivity contribution in [2.75, 3.05) is 12.8 Å². The van der Waals surface area contributed by atoms with Crippen LogP contribution in [0.1, 0.15) is 41.0 Å². The monoisotopic (exact) mass is 454 g/mol. The number of hydrogen-bond acceptors (Lipinski definition) is 7. The molecule has 0 bridgehead atoms. The van der Waals surface area contributed by atoms with Crippen LogP contribution in [0.4, 0.5) is 0 Å². The van der Waals surface area contributed by atoms with Crippen molar-refractivity contribution in [2.45, 2.75) is 84.4 Å². The molecule has 0 aromatic heterocycles. The van der Waals surface area contributed by atoms with Crippen molar-refractivity contribution in [2.24, 2.45) is 0 Å². The Balaban J connectivity index is -0.000000152. The van der Waals surface area contributed by atoms with Crippen LogP contribution in [0.25, 0.3) is 0 Å². The largest absolute Gasteiger partial charge is 0.549 e. The van der Waals surface area contributed by atoms with Crippen molar-refractivity contribution in [3.8, 4) is 0 Å². The van der Waals surface area contributed by atoms with Crippen molar-refractivity contribution < 1.29 is 32.5 Å². The van der Waals surface area contributed by atoms with E-state index in [1.807, 2.05) is 0 Å². The Bertz CT molecular complexity index is 428. The molecule has 0 radical (unpaired) electrons. The fourth-order valence-electron chi connectivity index (χ4n) is 1.28. The van der Waals surface area contributed by atoms with Gasteiger partial charge in [0, 0.05) is 21.6 Å². The van der Waals surface area contributed by atoms with E-state index in [-0.39, 0.29) is 5.97 Å². The van der Waals surface area contributed by atoms with Crippen molar-refractivity contribution in [3.63, 3.8) is 0 Å². The Morgan fingerprint density at radius 3 is 1.44 bits per heavy atom. The summed E-state index contributed by atoms with van der Waals surface area (Å²) in [5.41, 5.74) is 1.51. The van der Waals surface area contributed by atoms with Crippen LogP contribution < -0.4 is 0 Å². The highest BCUT2D eigenvalue weighted by atomic mass is 28.3. The highest BCUT2D eigenvalue weighted by Gasteiger charge is 2.26. The zero-order valence-electron chi connectivity index (χ0n) is 18.4. The molecule has 0 atom stereocenters. The minimum Gasteiger partial charge on any atom is -0.470 e. The van der Waals surface area contributed by atoms with Crippen LogP contribution in [-0.4, -0.2) is 58.6 Å². The van der Waals surface area contributed by atoms with Gasteiger partial charge in [-0.3, -0.25) is 22.6 Å². The van der Waals surface area contributed by atoms with E-state index in [9.17, 15) is 4.79 Å². The first-order valence-electron chi connectivity index (χ1n) is 8.92. The van der Waals surface area contributed by atoms with Gasteiger partial charge >= 0.3 is 24.6 Å². The van der Waals surface area contributed by atoms with E-state index in [0.29, 0.717) is 18.4 Å². The SMILES string of the molecule is CC(=O)OC[Si](C)(C)C(C)C.CC(C)[Si](C)(C)CCCO.O=[Si]=O.O=[Si]=O. The molecule has 0 aliphatic carbocycles. The topological polar surface area (TPSA) is 115 Å². The van der Waals surface area contributed by atoms with Crippen LogP contribution in [0, 0.1) is 0 Å². The lowest BCUT2D eigenvalue weighted by Gasteiger charge is -2.26. The first-order chi connectivity index (χ1) is 12.2. The van der Waals surface area contributed by atoms with Gasteiger partial charge in [-0.2, -0.15) is 0 Å². The number of ether oxygens (including phenoxy) is 1. The molecule has 0 saturated heterocycles. The van der Waals surface area contributed by atoms with Crippen LogP contribution in [-0.2, 0) is 27.4 Å². The summed E-state index contributed by atoms with van der Waals surface area (Å²) >= 11 is 0. The lowest BCUT2D eigenvalue weighted by molar-refractivity contribution is -0.139. The van der Waals surface area contributed by atoms with Gasteiger partial charge < -0.3 is 9.84 Å². The summed E-state index contributed by atoms with van der Waals surface area (Å²) in [5.74, 6) is -0.161. The summed E-state index contributed by atoms with van der Waals surface area (Å²) in [6.07, 6.45) is 1.65. The molecule has 0 heterocycles. The molecule has 0 aliphatic rings. The molecule has 0 aromatic carbocycles. The summed E-state index contributed by atoms with van der Waals surface area (Å²) in [6.45, 7) is 20.1. The third-order valence-corrected chi connectivity index (χ3v) is 13.5. The fourth-order valence-corrected chi connectivity index (χ4v) is 3.83. The maximum absolute atomic E-state index is 10.5. The molecule has 7 nitrogen and oxygen atoms in total. The molecule has 0 unspecified atom stereocenters. The molecule has 0 saturated carbocycles. The van der Waals surface area contributed by atoms with Gasteiger partial charge in [-0.1, -0.05) is 65.5 Å². The molecule has 0 aromatic rings. The van der Waals surface area contributed by atoms with E-state index in [4.69, 9.17) is 27.7 Å².